The fourth-order valence-corrected chi connectivity index (χ4v) is 1.02. The summed E-state index contributed by atoms with van der Waals surface area (Å²) in [5.74, 6) is 0. The third-order valence-electron chi connectivity index (χ3n) is 1.58. The van der Waals surface area contributed by atoms with E-state index in [4.69, 9.17) is 14.9 Å². The van der Waals surface area contributed by atoms with Crippen LogP contribution in [-0.4, -0.2) is 35.6 Å². The lowest BCUT2D eigenvalue weighted by Gasteiger charge is -2.13. The summed E-state index contributed by atoms with van der Waals surface area (Å²) in [5.41, 5.74) is 0. The van der Waals surface area contributed by atoms with Crippen LogP contribution in [0, 0.1) is 0 Å². The fourth-order valence-electron chi connectivity index (χ4n) is 1.02. The highest BCUT2D eigenvalue weighted by atomic mass is 16.5. The van der Waals surface area contributed by atoms with Gasteiger partial charge in [0.1, 0.15) is 6.10 Å². The average Bonchev–Trinajstić information content (AvgIpc) is 2.37. The molecule has 9 heavy (non-hydrogen) atoms. The molecule has 1 aliphatic rings. The summed E-state index contributed by atoms with van der Waals surface area (Å²) in [6.45, 7) is 0.534. The lowest BCUT2D eigenvalue weighted by atomic mass is 10.1. The maximum Gasteiger partial charge on any atom is 0.103 e. The highest BCUT2D eigenvalue weighted by molar-refractivity contribution is 4.72. The Hall–Kier alpha value is -0.120. The Labute approximate surface area is 54.3 Å². The van der Waals surface area contributed by atoms with Crippen LogP contribution in [0.1, 0.15) is 12.8 Å². The SMILES string of the molecule is OC[C@H](O)[C@@H]1CCCO1. The van der Waals surface area contributed by atoms with Gasteiger partial charge in [-0.15, -0.1) is 0 Å². The van der Waals surface area contributed by atoms with Crippen molar-refractivity contribution in [3.05, 3.63) is 0 Å². The first kappa shape index (κ1) is 6.99. The molecule has 0 unspecified atom stereocenters. The van der Waals surface area contributed by atoms with Crippen LogP contribution < -0.4 is 0 Å². The number of rotatable bonds is 2. The van der Waals surface area contributed by atoms with Crippen LogP contribution in [0.2, 0.25) is 0 Å². The molecule has 0 aliphatic carbocycles. The third kappa shape index (κ3) is 1.64. The molecule has 1 aliphatic heterocycles. The lowest BCUT2D eigenvalue weighted by Crippen LogP contribution is -2.28. The molecule has 0 spiro atoms. The van der Waals surface area contributed by atoms with Gasteiger partial charge in [0.15, 0.2) is 0 Å². The van der Waals surface area contributed by atoms with Gasteiger partial charge in [0.25, 0.3) is 0 Å². The first-order chi connectivity index (χ1) is 4.34. The van der Waals surface area contributed by atoms with Crippen molar-refractivity contribution in [2.24, 2.45) is 0 Å². The molecule has 54 valence electrons. The molecule has 0 radical (unpaired) electrons. The molecule has 0 aromatic heterocycles. The van der Waals surface area contributed by atoms with Gasteiger partial charge in [-0.05, 0) is 12.8 Å². The number of aliphatic hydroxyl groups is 2. The van der Waals surface area contributed by atoms with Crippen LogP contribution in [0.4, 0.5) is 0 Å². The molecule has 2 atom stereocenters. The van der Waals surface area contributed by atoms with Crippen LogP contribution in [0.5, 0.6) is 0 Å². The predicted octanol–water partition coefficient (Wildman–Crippen LogP) is -0.481. The minimum atomic E-state index is -0.674. The van der Waals surface area contributed by atoms with Crippen molar-refractivity contribution < 1.29 is 14.9 Å². The molecule has 2 N–H and O–H groups in total. The summed E-state index contributed by atoms with van der Waals surface area (Å²) in [6, 6.07) is 0. The van der Waals surface area contributed by atoms with E-state index in [-0.39, 0.29) is 12.7 Å². The fraction of sp³-hybridized carbons (Fsp3) is 1.00. The standard InChI is InChI=1S/C6H12O3/c7-4-5(8)6-2-1-3-9-6/h5-8H,1-4H2/t5-,6-/m0/s1. The van der Waals surface area contributed by atoms with Gasteiger partial charge < -0.3 is 14.9 Å². The summed E-state index contributed by atoms with van der Waals surface area (Å²) in [5, 5.41) is 17.4. The summed E-state index contributed by atoms with van der Waals surface area (Å²) < 4.78 is 5.10. The maximum atomic E-state index is 8.98. The Balaban J connectivity index is 2.24. The summed E-state index contributed by atoms with van der Waals surface area (Å²) in [4.78, 5) is 0. The van der Waals surface area contributed by atoms with E-state index in [0.29, 0.717) is 0 Å². The van der Waals surface area contributed by atoms with Gasteiger partial charge in [-0.2, -0.15) is 0 Å². The van der Waals surface area contributed by atoms with E-state index in [1.54, 1.807) is 0 Å². The molecule has 1 heterocycles. The summed E-state index contributed by atoms with van der Waals surface area (Å²) in [6.07, 6.45) is 1.09. The zero-order valence-electron chi connectivity index (χ0n) is 5.29. The topological polar surface area (TPSA) is 49.7 Å². The van der Waals surface area contributed by atoms with Crippen LogP contribution >= 0.6 is 0 Å². The predicted molar refractivity (Wildman–Crippen MR) is 32.1 cm³/mol. The molecule has 3 nitrogen and oxygen atoms in total. The Morgan fingerprint density at radius 3 is 2.89 bits per heavy atom. The maximum absolute atomic E-state index is 8.98. The molecule has 0 amide bonds. The minimum absolute atomic E-state index is 0.116. The second-order valence-electron chi connectivity index (χ2n) is 2.30. The Bertz CT molecular complexity index is 78.4. The molecular weight excluding hydrogens is 120 g/mol. The Morgan fingerprint density at radius 2 is 2.44 bits per heavy atom. The number of hydrogen-bond acceptors (Lipinski definition) is 3. The van der Waals surface area contributed by atoms with E-state index in [2.05, 4.69) is 0 Å². The van der Waals surface area contributed by atoms with Crippen molar-refractivity contribution in [3.8, 4) is 0 Å². The molecule has 0 bridgehead atoms. The molecule has 1 rings (SSSR count). The van der Waals surface area contributed by atoms with Gasteiger partial charge in [-0.25, -0.2) is 0 Å². The van der Waals surface area contributed by atoms with Gasteiger partial charge in [-0.1, -0.05) is 0 Å². The van der Waals surface area contributed by atoms with Crippen molar-refractivity contribution >= 4 is 0 Å². The van der Waals surface area contributed by atoms with Crippen LogP contribution in [0.25, 0.3) is 0 Å². The Morgan fingerprint density at radius 1 is 1.67 bits per heavy atom. The van der Waals surface area contributed by atoms with Crippen molar-refractivity contribution in [1.29, 1.82) is 0 Å². The molecule has 3 heteroatoms. The molecule has 0 saturated carbocycles. The highest BCUT2D eigenvalue weighted by Crippen LogP contribution is 2.14. The third-order valence-corrected chi connectivity index (χ3v) is 1.58. The number of hydrogen-bond donors (Lipinski definition) is 2. The minimum Gasteiger partial charge on any atom is -0.394 e. The van der Waals surface area contributed by atoms with Crippen molar-refractivity contribution in [2.75, 3.05) is 13.2 Å². The first-order valence-corrected chi connectivity index (χ1v) is 3.25. The molecule has 1 fully saturated rings. The zero-order chi connectivity index (χ0) is 6.69. The van der Waals surface area contributed by atoms with E-state index < -0.39 is 6.10 Å². The number of ether oxygens (including phenoxy) is 1. The molecule has 0 aromatic rings. The molecular formula is C6H12O3. The van der Waals surface area contributed by atoms with Crippen LogP contribution in [0.15, 0.2) is 0 Å². The highest BCUT2D eigenvalue weighted by Gasteiger charge is 2.22. The normalized spacial score (nSPS) is 30.7. The summed E-state index contributed by atoms with van der Waals surface area (Å²) in [7, 11) is 0. The smallest absolute Gasteiger partial charge is 0.103 e. The van der Waals surface area contributed by atoms with Crippen molar-refractivity contribution in [1.82, 2.24) is 0 Å². The van der Waals surface area contributed by atoms with Gasteiger partial charge in [0.05, 0.1) is 12.7 Å². The monoisotopic (exact) mass is 132 g/mol. The van der Waals surface area contributed by atoms with E-state index in [0.717, 1.165) is 19.4 Å². The second-order valence-corrected chi connectivity index (χ2v) is 2.30. The first-order valence-electron chi connectivity index (χ1n) is 3.25. The van der Waals surface area contributed by atoms with Gasteiger partial charge in [0.2, 0.25) is 0 Å². The largest absolute Gasteiger partial charge is 0.394 e. The van der Waals surface area contributed by atoms with E-state index in [9.17, 15) is 0 Å². The molecule has 1 saturated heterocycles. The number of aliphatic hydroxyl groups excluding tert-OH is 2. The van der Waals surface area contributed by atoms with Crippen LogP contribution in [0.3, 0.4) is 0 Å². The summed E-state index contributed by atoms with van der Waals surface area (Å²) >= 11 is 0. The van der Waals surface area contributed by atoms with Crippen molar-refractivity contribution in [3.63, 3.8) is 0 Å². The van der Waals surface area contributed by atoms with E-state index in [1.165, 1.54) is 0 Å². The van der Waals surface area contributed by atoms with E-state index >= 15 is 0 Å². The van der Waals surface area contributed by atoms with Crippen LogP contribution in [-0.2, 0) is 4.74 Å². The van der Waals surface area contributed by atoms with Crippen molar-refractivity contribution in [2.45, 2.75) is 25.0 Å². The lowest BCUT2D eigenvalue weighted by molar-refractivity contribution is -0.0282. The Kier molecular flexibility index (Phi) is 2.45. The zero-order valence-corrected chi connectivity index (χ0v) is 5.29. The van der Waals surface area contributed by atoms with E-state index in [1.807, 2.05) is 0 Å². The van der Waals surface area contributed by atoms with Gasteiger partial charge in [0, 0.05) is 6.61 Å². The van der Waals surface area contributed by atoms with Gasteiger partial charge >= 0.3 is 0 Å². The second kappa shape index (κ2) is 3.15. The average molecular weight is 132 g/mol. The van der Waals surface area contributed by atoms with Gasteiger partial charge in [-0.3, -0.25) is 0 Å². The molecule has 0 aromatic carbocycles. The quantitative estimate of drug-likeness (QED) is 0.533.